The number of hydrogen-bond donors (Lipinski definition) is 0. The summed E-state index contributed by atoms with van der Waals surface area (Å²) in [5.74, 6) is -1.92. The first-order valence-corrected chi connectivity index (χ1v) is 10.4. The quantitative estimate of drug-likeness (QED) is 0.416. The molecule has 1 saturated heterocycles. The summed E-state index contributed by atoms with van der Waals surface area (Å²) in [6.07, 6.45) is 0.788. The summed E-state index contributed by atoms with van der Waals surface area (Å²) in [5.41, 5.74) is 2.51. The lowest BCUT2D eigenvalue weighted by Crippen LogP contribution is -2.51. The average molecular weight is 446 g/mol. The molecular formula is C24H19Cl2F2NO. The molecule has 0 radical (unpaired) electrons. The molecule has 1 fully saturated rings. The standard InChI is InChI=1S/C24H19Cl2F2NO/c25-19-5-1-15(2-6-19)24(16-3-7-20(26)8-4-16)29-12-18(13-29)23(14-30)17-9-21(27)11-22(28)10-17/h1-11,14,18,23-24H,12-13H2. The molecule has 3 aromatic rings. The molecule has 1 unspecified atom stereocenters. The van der Waals surface area contributed by atoms with Gasteiger partial charge < -0.3 is 4.79 Å². The van der Waals surface area contributed by atoms with E-state index in [1.807, 2.05) is 48.5 Å². The van der Waals surface area contributed by atoms with Crippen LogP contribution in [0.1, 0.15) is 28.7 Å². The van der Waals surface area contributed by atoms with Gasteiger partial charge in [0.05, 0.1) is 6.04 Å². The predicted molar refractivity (Wildman–Crippen MR) is 115 cm³/mol. The summed E-state index contributed by atoms with van der Waals surface area (Å²) in [6.45, 7) is 1.24. The van der Waals surface area contributed by atoms with E-state index < -0.39 is 17.6 Å². The van der Waals surface area contributed by atoms with E-state index in [2.05, 4.69) is 4.90 Å². The fourth-order valence-electron chi connectivity index (χ4n) is 4.12. The van der Waals surface area contributed by atoms with E-state index in [0.29, 0.717) is 28.7 Å². The molecule has 0 spiro atoms. The Labute approximate surface area is 184 Å². The SMILES string of the molecule is O=CC(c1cc(F)cc(F)c1)C1CN(C(c2ccc(Cl)cc2)c2ccc(Cl)cc2)C1. The summed E-state index contributed by atoms with van der Waals surface area (Å²) < 4.78 is 27.3. The average Bonchev–Trinajstić information content (AvgIpc) is 2.68. The lowest BCUT2D eigenvalue weighted by atomic mass is 9.80. The molecule has 2 nitrogen and oxygen atoms in total. The number of halogens is 4. The Bertz CT molecular complexity index is 968. The van der Waals surface area contributed by atoms with Crippen LogP contribution >= 0.6 is 23.2 Å². The Hall–Kier alpha value is -2.27. The van der Waals surface area contributed by atoms with Gasteiger partial charge in [-0.2, -0.15) is 0 Å². The Morgan fingerprint density at radius 2 is 1.27 bits per heavy atom. The number of likely N-dealkylation sites (tertiary alicyclic amines) is 1. The number of benzene rings is 3. The van der Waals surface area contributed by atoms with Crippen LogP contribution in [0.4, 0.5) is 8.78 Å². The molecule has 30 heavy (non-hydrogen) atoms. The minimum Gasteiger partial charge on any atom is -0.303 e. The number of hydrogen-bond acceptors (Lipinski definition) is 2. The first kappa shape index (κ1) is 21.0. The first-order valence-electron chi connectivity index (χ1n) is 9.61. The minimum absolute atomic E-state index is 0.0224. The van der Waals surface area contributed by atoms with Gasteiger partial charge in [0, 0.05) is 35.1 Å². The van der Waals surface area contributed by atoms with Crippen LogP contribution in [0.25, 0.3) is 0 Å². The van der Waals surface area contributed by atoms with Crippen LogP contribution in [0.5, 0.6) is 0 Å². The number of carbonyl (C=O) groups is 1. The van der Waals surface area contributed by atoms with Crippen LogP contribution in [0.15, 0.2) is 66.7 Å². The topological polar surface area (TPSA) is 20.3 Å². The van der Waals surface area contributed by atoms with Crippen molar-refractivity contribution in [3.05, 3.63) is 105 Å². The van der Waals surface area contributed by atoms with Crippen molar-refractivity contribution in [2.24, 2.45) is 5.92 Å². The molecule has 1 atom stereocenters. The largest absolute Gasteiger partial charge is 0.303 e. The monoisotopic (exact) mass is 445 g/mol. The van der Waals surface area contributed by atoms with Gasteiger partial charge in [0.25, 0.3) is 0 Å². The molecule has 6 heteroatoms. The van der Waals surface area contributed by atoms with Crippen molar-refractivity contribution in [1.82, 2.24) is 4.90 Å². The molecule has 0 N–H and O–H groups in total. The van der Waals surface area contributed by atoms with Crippen molar-refractivity contribution in [1.29, 1.82) is 0 Å². The van der Waals surface area contributed by atoms with Crippen molar-refractivity contribution in [3.63, 3.8) is 0 Å². The van der Waals surface area contributed by atoms with Crippen molar-refractivity contribution in [2.45, 2.75) is 12.0 Å². The smallest absolute Gasteiger partial charge is 0.127 e. The van der Waals surface area contributed by atoms with E-state index in [1.165, 1.54) is 12.1 Å². The number of carbonyl (C=O) groups excluding carboxylic acids is 1. The number of aldehydes is 1. The van der Waals surface area contributed by atoms with E-state index >= 15 is 0 Å². The first-order chi connectivity index (χ1) is 14.4. The molecule has 1 heterocycles. The van der Waals surface area contributed by atoms with Gasteiger partial charge in [0.2, 0.25) is 0 Å². The summed E-state index contributed by atoms with van der Waals surface area (Å²) in [6, 6.07) is 18.6. The normalized spacial score (nSPS) is 15.8. The number of nitrogens with zero attached hydrogens (tertiary/aromatic N) is 1. The van der Waals surface area contributed by atoms with Gasteiger partial charge >= 0.3 is 0 Å². The fourth-order valence-corrected chi connectivity index (χ4v) is 4.37. The summed E-state index contributed by atoms with van der Waals surface area (Å²) in [5, 5.41) is 1.31. The Morgan fingerprint density at radius 1 is 0.800 bits per heavy atom. The van der Waals surface area contributed by atoms with Crippen molar-refractivity contribution in [2.75, 3.05) is 13.1 Å². The second-order valence-corrected chi connectivity index (χ2v) is 8.46. The highest BCUT2D eigenvalue weighted by Crippen LogP contribution is 2.39. The molecule has 0 saturated carbocycles. The van der Waals surface area contributed by atoms with E-state index in [-0.39, 0.29) is 12.0 Å². The molecular weight excluding hydrogens is 427 g/mol. The Morgan fingerprint density at radius 3 is 1.70 bits per heavy atom. The fraction of sp³-hybridized carbons (Fsp3) is 0.208. The van der Waals surface area contributed by atoms with E-state index in [1.54, 1.807) is 0 Å². The molecule has 4 rings (SSSR count). The van der Waals surface area contributed by atoms with Crippen LogP contribution in [0, 0.1) is 17.6 Å². The van der Waals surface area contributed by atoms with E-state index in [4.69, 9.17) is 23.2 Å². The zero-order chi connectivity index (χ0) is 21.3. The third-order valence-corrected chi connectivity index (χ3v) is 6.10. The summed E-state index contributed by atoms with van der Waals surface area (Å²) >= 11 is 12.1. The van der Waals surface area contributed by atoms with Crippen molar-refractivity contribution >= 4 is 29.5 Å². The van der Waals surface area contributed by atoms with Gasteiger partial charge in [-0.3, -0.25) is 4.90 Å². The van der Waals surface area contributed by atoms with Gasteiger partial charge in [-0.25, -0.2) is 8.78 Å². The third-order valence-electron chi connectivity index (χ3n) is 5.60. The zero-order valence-electron chi connectivity index (χ0n) is 15.9. The molecule has 1 aliphatic rings. The van der Waals surface area contributed by atoms with Crippen LogP contribution in [-0.2, 0) is 4.79 Å². The lowest BCUT2D eigenvalue weighted by molar-refractivity contribution is -0.112. The molecule has 3 aromatic carbocycles. The predicted octanol–water partition coefficient (Wildman–Crippen LogP) is 6.28. The highest BCUT2D eigenvalue weighted by Gasteiger charge is 2.39. The maximum atomic E-state index is 13.6. The summed E-state index contributed by atoms with van der Waals surface area (Å²) in [4.78, 5) is 14.0. The highest BCUT2D eigenvalue weighted by atomic mass is 35.5. The zero-order valence-corrected chi connectivity index (χ0v) is 17.5. The van der Waals surface area contributed by atoms with Crippen LogP contribution in [0.2, 0.25) is 10.0 Å². The van der Waals surface area contributed by atoms with Gasteiger partial charge in [-0.05, 0) is 59.0 Å². The Balaban J connectivity index is 1.58. The molecule has 1 aliphatic heterocycles. The molecule has 0 aromatic heterocycles. The molecule has 154 valence electrons. The molecule has 0 amide bonds. The minimum atomic E-state index is -0.673. The van der Waals surface area contributed by atoms with Gasteiger partial charge in [0.1, 0.15) is 17.9 Å². The second kappa shape index (κ2) is 8.84. The van der Waals surface area contributed by atoms with E-state index in [9.17, 15) is 13.6 Å². The van der Waals surface area contributed by atoms with Crippen molar-refractivity contribution < 1.29 is 13.6 Å². The van der Waals surface area contributed by atoms with E-state index in [0.717, 1.165) is 23.5 Å². The molecule has 0 bridgehead atoms. The summed E-state index contributed by atoms with van der Waals surface area (Å²) in [7, 11) is 0. The second-order valence-electron chi connectivity index (χ2n) is 7.58. The van der Waals surface area contributed by atoms with Crippen LogP contribution in [0.3, 0.4) is 0 Å². The van der Waals surface area contributed by atoms with Crippen LogP contribution < -0.4 is 0 Å². The maximum absolute atomic E-state index is 13.6. The van der Waals surface area contributed by atoms with Gasteiger partial charge in [0.15, 0.2) is 0 Å². The third kappa shape index (κ3) is 4.41. The maximum Gasteiger partial charge on any atom is 0.127 e. The Kier molecular flexibility index (Phi) is 6.19. The van der Waals surface area contributed by atoms with Crippen molar-refractivity contribution in [3.8, 4) is 0 Å². The number of rotatable bonds is 6. The highest BCUT2D eigenvalue weighted by molar-refractivity contribution is 6.30. The van der Waals surface area contributed by atoms with Gasteiger partial charge in [-0.15, -0.1) is 0 Å². The van der Waals surface area contributed by atoms with Crippen LogP contribution in [-0.4, -0.2) is 24.3 Å². The molecule has 0 aliphatic carbocycles. The van der Waals surface area contributed by atoms with Gasteiger partial charge in [-0.1, -0.05) is 47.5 Å². The lowest BCUT2D eigenvalue weighted by Gasteiger charge is -2.47.